The molecule has 1 saturated carbocycles. The zero-order valence-corrected chi connectivity index (χ0v) is 18.4. The van der Waals surface area contributed by atoms with Gasteiger partial charge in [-0.1, -0.05) is 19.3 Å². The largest absolute Gasteiger partial charge is 0.356 e. The van der Waals surface area contributed by atoms with Gasteiger partial charge in [0.2, 0.25) is 0 Å². The highest BCUT2D eigenvalue weighted by Crippen LogP contribution is 2.19. The molecule has 0 radical (unpaired) electrons. The smallest absolute Gasteiger partial charge is 0.191 e. The summed E-state index contributed by atoms with van der Waals surface area (Å²) in [6.45, 7) is 1.34. The zero-order chi connectivity index (χ0) is 16.8. The van der Waals surface area contributed by atoms with E-state index in [4.69, 9.17) is 4.99 Å². The second-order valence-electron chi connectivity index (χ2n) is 6.93. The summed E-state index contributed by atoms with van der Waals surface area (Å²) in [7, 11) is -2.82. The number of hydrogen-bond donors (Lipinski definition) is 2. The summed E-state index contributed by atoms with van der Waals surface area (Å²) in [6.07, 6.45) is 7.02. The average molecular weight is 497 g/mol. The van der Waals surface area contributed by atoms with Gasteiger partial charge in [0.05, 0.1) is 18.1 Å². The van der Waals surface area contributed by atoms with Crippen molar-refractivity contribution in [1.82, 2.24) is 10.6 Å². The second-order valence-corrected chi connectivity index (χ2v) is 9.93. The van der Waals surface area contributed by atoms with Crippen LogP contribution in [0.3, 0.4) is 0 Å². The number of halogens is 1. The van der Waals surface area contributed by atoms with Crippen LogP contribution in [-0.4, -0.2) is 38.5 Å². The minimum atomic E-state index is -2.82. The molecule has 142 valence electrons. The molecule has 0 spiro atoms. The summed E-state index contributed by atoms with van der Waals surface area (Å²) in [5.41, 5.74) is 1.22. The maximum atomic E-state index is 11.6. The van der Waals surface area contributed by atoms with Gasteiger partial charge in [0.25, 0.3) is 0 Å². The summed E-state index contributed by atoms with van der Waals surface area (Å²) >= 11 is 1.68. The lowest BCUT2D eigenvalue weighted by molar-refractivity contribution is 0.408. The van der Waals surface area contributed by atoms with Crippen molar-refractivity contribution in [2.45, 2.75) is 51.1 Å². The fourth-order valence-electron chi connectivity index (χ4n) is 3.42. The molecule has 25 heavy (non-hydrogen) atoms. The Kier molecular flexibility index (Phi) is 8.47. The van der Waals surface area contributed by atoms with Gasteiger partial charge in [0.15, 0.2) is 15.8 Å². The lowest BCUT2D eigenvalue weighted by Crippen LogP contribution is -2.45. The van der Waals surface area contributed by atoms with Crippen molar-refractivity contribution < 1.29 is 8.42 Å². The van der Waals surface area contributed by atoms with E-state index in [2.05, 4.69) is 27.5 Å². The Labute approximate surface area is 172 Å². The molecule has 2 aliphatic rings. The molecule has 3 rings (SSSR count). The predicted molar refractivity (Wildman–Crippen MR) is 116 cm³/mol. The van der Waals surface area contributed by atoms with E-state index in [1.807, 2.05) is 0 Å². The van der Waals surface area contributed by atoms with Crippen LogP contribution in [0.15, 0.2) is 21.8 Å². The number of guanidine groups is 1. The number of hydrogen-bond acceptors (Lipinski definition) is 4. The molecule has 1 unspecified atom stereocenters. The van der Waals surface area contributed by atoms with Crippen molar-refractivity contribution in [2.24, 2.45) is 10.9 Å². The van der Waals surface area contributed by atoms with Gasteiger partial charge < -0.3 is 10.6 Å². The summed E-state index contributed by atoms with van der Waals surface area (Å²) in [4.78, 5) is 4.71. The predicted octanol–water partition coefficient (Wildman–Crippen LogP) is 3.17. The van der Waals surface area contributed by atoms with Gasteiger partial charge in [-0.05, 0) is 47.6 Å². The van der Waals surface area contributed by atoms with Gasteiger partial charge in [-0.2, -0.15) is 11.3 Å². The molecule has 1 atom stereocenters. The normalized spacial score (nSPS) is 23.8. The number of nitrogens with zero attached hydrogens (tertiary/aromatic N) is 1. The van der Waals surface area contributed by atoms with E-state index in [0.29, 0.717) is 30.6 Å². The first-order valence-electron chi connectivity index (χ1n) is 8.87. The summed E-state index contributed by atoms with van der Waals surface area (Å²) in [5.74, 6) is 1.67. The van der Waals surface area contributed by atoms with E-state index < -0.39 is 9.84 Å². The Morgan fingerprint density at radius 2 is 2.04 bits per heavy atom. The Morgan fingerprint density at radius 1 is 1.24 bits per heavy atom. The molecule has 5 nitrogen and oxygen atoms in total. The summed E-state index contributed by atoms with van der Waals surface area (Å²) in [5, 5.41) is 11.1. The highest BCUT2D eigenvalue weighted by molar-refractivity contribution is 14.0. The Morgan fingerprint density at radius 3 is 2.68 bits per heavy atom. The molecule has 1 aromatic rings. The number of aliphatic imine (C=N–C) groups is 1. The fourth-order valence-corrected chi connectivity index (χ4v) is 5.94. The number of sulfone groups is 1. The van der Waals surface area contributed by atoms with Gasteiger partial charge in [0.1, 0.15) is 0 Å². The van der Waals surface area contributed by atoms with Crippen LogP contribution in [0.1, 0.15) is 44.1 Å². The molecule has 2 fully saturated rings. The van der Waals surface area contributed by atoms with Crippen LogP contribution >= 0.6 is 35.3 Å². The lowest BCUT2D eigenvalue weighted by atomic mass is 9.96. The van der Waals surface area contributed by atoms with Crippen molar-refractivity contribution >= 4 is 51.1 Å². The third-order valence-corrected chi connectivity index (χ3v) is 7.40. The van der Waals surface area contributed by atoms with E-state index in [9.17, 15) is 8.42 Å². The van der Waals surface area contributed by atoms with E-state index in [0.717, 1.165) is 12.4 Å². The third-order valence-electron chi connectivity index (χ3n) is 4.83. The Balaban J connectivity index is 0.00000225. The molecule has 1 aliphatic heterocycles. The quantitative estimate of drug-likeness (QED) is 0.373. The monoisotopic (exact) mass is 497 g/mol. The molecule has 8 heteroatoms. The molecular weight excluding hydrogens is 469 g/mol. The molecular formula is C17H28IN3O2S2. The zero-order valence-electron chi connectivity index (χ0n) is 14.4. The van der Waals surface area contributed by atoms with E-state index in [1.165, 1.54) is 37.7 Å². The van der Waals surface area contributed by atoms with Crippen molar-refractivity contribution in [1.29, 1.82) is 0 Å². The van der Waals surface area contributed by atoms with Crippen LogP contribution in [0.25, 0.3) is 0 Å². The van der Waals surface area contributed by atoms with Gasteiger partial charge in [-0.25, -0.2) is 13.4 Å². The number of nitrogens with one attached hydrogen (secondary N) is 2. The van der Waals surface area contributed by atoms with Gasteiger partial charge in [-0.3, -0.25) is 0 Å². The molecule has 2 N–H and O–H groups in total. The standard InChI is InChI=1S/C17H27N3O2S2.HI/c21-24(22)9-7-15(13-24)11-19-17(18-10-14-6-8-23-12-14)20-16-4-2-1-3-5-16;/h6,8,12,15-16H,1-5,7,9-11,13H2,(H2,18,19,20);1H. The SMILES string of the molecule is I.O=S1(=O)CCC(CNC(=NCc2ccsc2)NC2CCCCC2)C1. The van der Waals surface area contributed by atoms with Crippen molar-refractivity contribution in [3.8, 4) is 0 Å². The molecule has 1 aromatic heterocycles. The fraction of sp³-hybridized carbons (Fsp3) is 0.706. The van der Waals surface area contributed by atoms with E-state index in [1.54, 1.807) is 11.3 Å². The lowest BCUT2D eigenvalue weighted by Gasteiger charge is -2.25. The van der Waals surface area contributed by atoms with Gasteiger partial charge >= 0.3 is 0 Å². The molecule has 1 saturated heterocycles. The van der Waals surface area contributed by atoms with Crippen molar-refractivity contribution in [2.75, 3.05) is 18.1 Å². The van der Waals surface area contributed by atoms with Crippen LogP contribution in [0.4, 0.5) is 0 Å². The van der Waals surface area contributed by atoms with Crippen LogP contribution in [-0.2, 0) is 16.4 Å². The first-order chi connectivity index (χ1) is 11.6. The third kappa shape index (κ3) is 7.05. The number of thiophene rings is 1. The van der Waals surface area contributed by atoms with Crippen LogP contribution in [0.2, 0.25) is 0 Å². The Bertz CT molecular complexity index is 641. The summed E-state index contributed by atoms with van der Waals surface area (Å²) in [6, 6.07) is 2.58. The van der Waals surface area contributed by atoms with Crippen LogP contribution < -0.4 is 10.6 Å². The van der Waals surface area contributed by atoms with E-state index in [-0.39, 0.29) is 29.9 Å². The first-order valence-corrected chi connectivity index (χ1v) is 11.6. The minimum Gasteiger partial charge on any atom is -0.356 e. The topological polar surface area (TPSA) is 70.6 Å². The van der Waals surface area contributed by atoms with Crippen LogP contribution in [0.5, 0.6) is 0 Å². The van der Waals surface area contributed by atoms with Crippen molar-refractivity contribution in [3.05, 3.63) is 22.4 Å². The number of rotatable bonds is 5. The van der Waals surface area contributed by atoms with Gasteiger partial charge in [0, 0.05) is 12.6 Å². The van der Waals surface area contributed by atoms with Crippen LogP contribution in [0, 0.1) is 5.92 Å². The van der Waals surface area contributed by atoms with Gasteiger partial charge in [-0.15, -0.1) is 24.0 Å². The van der Waals surface area contributed by atoms with E-state index >= 15 is 0 Å². The summed E-state index contributed by atoms with van der Waals surface area (Å²) < 4.78 is 23.2. The molecule has 0 amide bonds. The second kappa shape index (κ2) is 10.1. The maximum Gasteiger partial charge on any atom is 0.191 e. The highest BCUT2D eigenvalue weighted by atomic mass is 127. The molecule has 0 bridgehead atoms. The molecule has 1 aliphatic carbocycles. The average Bonchev–Trinajstić information content (AvgIpc) is 3.20. The molecule has 0 aromatic carbocycles. The first kappa shape index (κ1) is 21.0. The minimum absolute atomic E-state index is 0. The van der Waals surface area contributed by atoms with Crippen molar-refractivity contribution in [3.63, 3.8) is 0 Å². The highest BCUT2D eigenvalue weighted by Gasteiger charge is 2.28. The Hall–Kier alpha value is -0.350. The molecule has 2 heterocycles. The maximum absolute atomic E-state index is 11.6.